The molecule has 0 aliphatic rings. The molecule has 0 aromatic rings. The zero-order valence-electron chi connectivity index (χ0n) is 7.80. The molecule has 0 heterocycles. The van der Waals surface area contributed by atoms with Gasteiger partial charge in [-0.3, -0.25) is 4.79 Å². The SMILES string of the molecule is CC=C=CCC(=O)OCCCC. The number of ether oxygens (including phenoxy) is 1. The molecule has 68 valence electrons. The molecule has 0 aromatic heterocycles. The van der Waals surface area contributed by atoms with Crippen molar-refractivity contribution < 1.29 is 9.53 Å². The van der Waals surface area contributed by atoms with E-state index in [-0.39, 0.29) is 5.97 Å². The van der Waals surface area contributed by atoms with E-state index in [9.17, 15) is 4.79 Å². The highest BCUT2D eigenvalue weighted by Gasteiger charge is 1.96. The van der Waals surface area contributed by atoms with Gasteiger partial charge in [-0.05, 0) is 25.5 Å². The molecule has 2 heteroatoms. The lowest BCUT2D eigenvalue weighted by Gasteiger charge is -1.99. The number of carbonyl (C=O) groups is 1. The van der Waals surface area contributed by atoms with Gasteiger partial charge < -0.3 is 4.74 Å². The number of carbonyl (C=O) groups excluding carboxylic acids is 1. The first-order valence-electron chi connectivity index (χ1n) is 4.32. The average molecular weight is 168 g/mol. The van der Waals surface area contributed by atoms with Gasteiger partial charge in [-0.1, -0.05) is 13.3 Å². The van der Waals surface area contributed by atoms with Gasteiger partial charge in [-0.25, -0.2) is 0 Å². The maximum atomic E-state index is 10.9. The zero-order chi connectivity index (χ0) is 9.23. The highest BCUT2D eigenvalue weighted by atomic mass is 16.5. The summed E-state index contributed by atoms with van der Waals surface area (Å²) in [6.45, 7) is 4.46. The fourth-order valence-corrected chi connectivity index (χ4v) is 0.649. The van der Waals surface area contributed by atoms with Crippen LogP contribution >= 0.6 is 0 Å². The van der Waals surface area contributed by atoms with Crippen LogP contribution in [0.15, 0.2) is 17.9 Å². The lowest BCUT2D eigenvalue weighted by molar-refractivity contribution is -0.142. The van der Waals surface area contributed by atoms with Crippen LogP contribution in [0, 0.1) is 0 Å². The lowest BCUT2D eigenvalue weighted by Crippen LogP contribution is -2.03. The third-order valence-corrected chi connectivity index (χ3v) is 1.31. The van der Waals surface area contributed by atoms with Gasteiger partial charge in [-0.2, -0.15) is 0 Å². The van der Waals surface area contributed by atoms with Gasteiger partial charge >= 0.3 is 5.97 Å². The molecule has 0 saturated heterocycles. The Morgan fingerprint density at radius 1 is 1.58 bits per heavy atom. The second-order valence-corrected chi connectivity index (χ2v) is 2.44. The predicted octanol–water partition coefficient (Wildman–Crippen LogP) is 2.45. The van der Waals surface area contributed by atoms with Crippen molar-refractivity contribution in [1.82, 2.24) is 0 Å². The van der Waals surface area contributed by atoms with Crippen molar-refractivity contribution in [3.63, 3.8) is 0 Å². The maximum absolute atomic E-state index is 10.9. The summed E-state index contributed by atoms with van der Waals surface area (Å²) in [5.74, 6) is -0.169. The first kappa shape index (κ1) is 11.0. The third kappa shape index (κ3) is 7.10. The summed E-state index contributed by atoms with van der Waals surface area (Å²) in [6, 6.07) is 0. The maximum Gasteiger partial charge on any atom is 0.310 e. The van der Waals surface area contributed by atoms with Crippen molar-refractivity contribution in [2.45, 2.75) is 33.1 Å². The Morgan fingerprint density at radius 3 is 2.92 bits per heavy atom. The quantitative estimate of drug-likeness (QED) is 0.358. The molecule has 0 radical (unpaired) electrons. The summed E-state index contributed by atoms with van der Waals surface area (Å²) in [7, 11) is 0. The molecule has 0 amide bonds. The molecule has 0 unspecified atom stereocenters. The highest BCUT2D eigenvalue weighted by Crippen LogP contribution is 1.92. The molecule has 0 N–H and O–H groups in total. The highest BCUT2D eigenvalue weighted by molar-refractivity contribution is 5.71. The Morgan fingerprint density at radius 2 is 2.33 bits per heavy atom. The minimum Gasteiger partial charge on any atom is -0.465 e. The van der Waals surface area contributed by atoms with Gasteiger partial charge in [-0.15, -0.1) is 5.73 Å². The Labute approximate surface area is 73.9 Å². The summed E-state index contributed by atoms with van der Waals surface area (Å²) in [5.41, 5.74) is 2.82. The lowest BCUT2D eigenvalue weighted by atomic mass is 10.3. The van der Waals surface area contributed by atoms with Crippen molar-refractivity contribution in [1.29, 1.82) is 0 Å². The van der Waals surface area contributed by atoms with Crippen molar-refractivity contribution in [2.75, 3.05) is 6.61 Å². The molecule has 0 bridgehead atoms. The van der Waals surface area contributed by atoms with E-state index >= 15 is 0 Å². The number of hydrogen-bond acceptors (Lipinski definition) is 2. The fraction of sp³-hybridized carbons (Fsp3) is 0.600. The number of rotatable bonds is 5. The van der Waals surface area contributed by atoms with E-state index < -0.39 is 0 Å². The van der Waals surface area contributed by atoms with E-state index in [0.717, 1.165) is 12.8 Å². The van der Waals surface area contributed by atoms with E-state index in [0.29, 0.717) is 13.0 Å². The van der Waals surface area contributed by atoms with E-state index in [1.165, 1.54) is 0 Å². The second-order valence-electron chi connectivity index (χ2n) is 2.44. The van der Waals surface area contributed by atoms with Crippen LogP contribution < -0.4 is 0 Å². The Kier molecular flexibility index (Phi) is 7.41. The van der Waals surface area contributed by atoms with Crippen LogP contribution in [-0.4, -0.2) is 12.6 Å². The van der Waals surface area contributed by atoms with Crippen LogP contribution in [0.4, 0.5) is 0 Å². The Hall–Kier alpha value is -1.01. The van der Waals surface area contributed by atoms with Crippen molar-refractivity contribution >= 4 is 5.97 Å². The molecule has 0 spiro atoms. The number of unbranched alkanes of at least 4 members (excludes halogenated alkanes) is 1. The standard InChI is InChI=1S/C10H16O2/c1-3-5-7-8-10(11)12-9-6-4-2/h3,7H,4,6,8-9H2,1-2H3. The smallest absolute Gasteiger partial charge is 0.310 e. The Bertz CT molecular complexity index is 176. The van der Waals surface area contributed by atoms with Crippen LogP contribution in [-0.2, 0) is 9.53 Å². The number of hydrogen-bond donors (Lipinski definition) is 0. The molecular formula is C10H16O2. The molecule has 0 saturated carbocycles. The minimum absolute atomic E-state index is 0.169. The van der Waals surface area contributed by atoms with Gasteiger partial charge in [0.25, 0.3) is 0 Å². The summed E-state index contributed by atoms with van der Waals surface area (Å²) < 4.78 is 4.90. The van der Waals surface area contributed by atoms with Crippen molar-refractivity contribution in [2.24, 2.45) is 0 Å². The van der Waals surface area contributed by atoms with Crippen LogP contribution in [0.3, 0.4) is 0 Å². The van der Waals surface area contributed by atoms with Crippen molar-refractivity contribution in [3.05, 3.63) is 17.9 Å². The molecule has 0 rings (SSSR count). The first-order valence-corrected chi connectivity index (χ1v) is 4.32. The molecule has 0 aromatic carbocycles. The van der Waals surface area contributed by atoms with Gasteiger partial charge in [0.05, 0.1) is 13.0 Å². The normalized spacial score (nSPS) is 8.50. The van der Waals surface area contributed by atoms with E-state index in [1.54, 1.807) is 12.2 Å². The summed E-state index contributed by atoms with van der Waals surface area (Å²) in [5, 5.41) is 0. The third-order valence-electron chi connectivity index (χ3n) is 1.31. The predicted molar refractivity (Wildman–Crippen MR) is 48.8 cm³/mol. The number of esters is 1. The van der Waals surface area contributed by atoms with Crippen molar-refractivity contribution in [3.8, 4) is 0 Å². The van der Waals surface area contributed by atoms with Gasteiger partial charge in [0.15, 0.2) is 0 Å². The average Bonchev–Trinajstić information content (AvgIpc) is 2.06. The van der Waals surface area contributed by atoms with Crippen LogP contribution in [0.1, 0.15) is 33.1 Å². The molecule has 12 heavy (non-hydrogen) atoms. The van der Waals surface area contributed by atoms with Crippen LogP contribution in [0.25, 0.3) is 0 Å². The van der Waals surface area contributed by atoms with Crippen LogP contribution in [0.2, 0.25) is 0 Å². The molecule has 0 aliphatic carbocycles. The molecular weight excluding hydrogens is 152 g/mol. The second kappa shape index (κ2) is 8.09. The van der Waals surface area contributed by atoms with Gasteiger partial charge in [0.1, 0.15) is 0 Å². The summed E-state index contributed by atoms with van der Waals surface area (Å²) >= 11 is 0. The summed E-state index contributed by atoms with van der Waals surface area (Å²) in [6.07, 6.45) is 5.76. The van der Waals surface area contributed by atoms with E-state index in [4.69, 9.17) is 4.74 Å². The van der Waals surface area contributed by atoms with Gasteiger partial charge in [0.2, 0.25) is 0 Å². The zero-order valence-corrected chi connectivity index (χ0v) is 7.80. The Balaban J connectivity index is 3.40. The fourth-order valence-electron chi connectivity index (χ4n) is 0.649. The van der Waals surface area contributed by atoms with Gasteiger partial charge in [0, 0.05) is 0 Å². The molecule has 0 aliphatic heterocycles. The topological polar surface area (TPSA) is 26.3 Å². The molecule has 0 fully saturated rings. The van der Waals surface area contributed by atoms with Crippen LogP contribution in [0.5, 0.6) is 0 Å². The molecule has 0 atom stereocenters. The van der Waals surface area contributed by atoms with E-state index in [2.05, 4.69) is 12.7 Å². The molecule has 2 nitrogen and oxygen atoms in total. The summed E-state index contributed by atoms with van der Waals surface area (Å²) in [4.78, 5) is 10.9. The minimum atomic E-state index is -0.169. The van der Waals surface area contributed by atoms with E-state index in [1.807, 2.05) is 6.92 Å². The first-order chi connectivity index (χ1) is 5.81. The monoisotopic (exact) mass is 168 g/mol. The largest absolute Gasteiger partial charge is 0.465 e.